The van der Waals surface area contributed by atoms with Gasteiger partial charge in [0.15, 0.2) is 6.10 Å². The Morgan fingerprint density at radius 1 is 1.12 bits per heavy atom. The van der Waals surface area contributed by atoms with Crippen LogP contribution in [-0.4, -0.2) is 57.1 Å². The van der Waals surface area contributed by atoms with Crippen molar-refractivity contribution < 1.29 is 39.1 Å². The minimum atomic E-state index is -1.80. The first-order valence-electron chi connectivity index (χ1n) is 7.41. The molecule has 1 aliphatic heterocycles. The van der Waals surface area contributed by atoms with E-state index in [1.807, 2.05) is 0 Å². The number of carboxylic acid groups (broad SMARTS) is 1. The number of benzene rings is 1. The fourth-order valence-electron chi connectivity index (χ4n) is 2.66. The van der Waals surface area contributed by atoms with Crippen molar-refractivity contribution in [2.24, 2.45) is 0 Å². The molecule has 134 valence electrons. The summed E-state index contributed by atoms with van der Waals surface area (Å²) in [6.07, 6.45) is -8.53. The number of fused-ring (bicyclic) bond motifs is 1. The van der Waals surface area contributed by atoms with Crippen molar-refractivity contribution in [3.63, 3.8) is 0 Å². The normalized spacial score (nSPS) is 29.5. The standard InChI is InChI=1S/C16H16O9/c1-6-4-10(17)24-9-5-7(2-3-8(6)9)23-16-13(20)11(18)12(19)14(25-16)15(21)22/h2-5,11-14,16,18-20H,1H3,(H,21,22)/t11-,12+,13+,14-,16-/m1/s1. The summed E-state index contributed by atoms with van der Waals surface area (Å²) in [5.74, 6) is -1.38. The summed E-state index contributed by atoms with van der Waals surface area (Å²) in [5.41, 5.74) is 0.403. The van der Waals surface area contributed by atoms with Crippen molar-refractivity contribution in [2.75, 3.05) is 0 Å². The monoisotopic (exact) mass is 352 g/mol. The fourth-order valence-corrected chi connectivity index (χ4v) is 2.66. The molecule has 1 aliphatic rings. The highest BCUT2D eigenvalue weighted by molar-refractivity contribution is 5.81. The average molecular weight is 352 g/mol. The second kappa shape index (κ2) is 6.45. The molecule has 0 amide bonds. The van der Waals surface area contributed by atoms with Crippen LogP contribution in [-0.2, 0) is 9.53 Å². The zero-order valence-corrected chi connectivity index (χ0v) is 13.0. The molecule has 1 aromatic carbocycles. The molecule has 2 aromatic rings. The van der Waals surface area contributed by atoms with Gasteiger partial charge in [0.1, 0.15) is 29.6 Å². The van der Waals surface area contributed by atoms with E-state index in [-0.39, 0.29) is 11.3 Å². The quantitative estimate of drug-likeness (QED) is 0.530. The SMILES string of the molecule is Cc1cc(=O)oc2cc(O[C@@H]3O[C@@H](C(=O)O)[C@@H](O)[C@@H](O)[C@@H]3O)ccc12. The lowest BCUT2D eigenvalue weighted by atomic mass is 9.99. The Bertz CT molecular complexity index is 858. The summed E-state index contributed by atoms with van der Waals surface area (Å²) in [7, 11) is 0. The van der Waals surface area contributed by atoms with E-state index < -0.39 is 42.3 Å². The molecule has 0 saturated carbocycles. The first kappa shape index (κ1) is 17.4. The van der Waals surface area contributed by atoms with Gasteiger partial charge in [-0.05, 0) is 24.6 Å². The fraction of sp³-hybridized carbons (Fsp3) is 0.375. The smallest absolute Gasteiger partial charge is 0.336 e. The van der Waals surface area contributed by atoms with Crippen molar-refractivity contribution >= 4 is 16.9 Å². The van der Waals surface area contributed by atoms with Gasteiger partial charge >= 0.3 is 11.6 Å². The molecular formula is C16H16O9. The molecule has 1 saturated heterocycles. The third-order valence-electron chi connectivity index (χ3n) is 3.99. The average Bonchev–Trinajstić information content (AvgIpc) is 2.54. The van der Waals surface area contributed by atoms with Gasteiger partial charge in [-0.15, -0.1) is 0 Å². The van der Waals surface area contributed by atoms with Crippen molar-refractivity contribution in [3.05, 3.63) is 40.2 Å². The summed E-state index contributed by atoms with van der Waals surface area (Å²) < 4.78 is 15.5. The lowest BCUT2D eigenvalue weighted by Gasteiger charge is -2.38. The number of hydrogen-bond acceptors (Lipinski definition) is 8. The third kappa shape index (κ3) is 3.22. The Morgan fingerprint density at radius 2 is 1.84 bits per heavy atom. The number of rotatable bonds is 3. The first-order valence-corrected chi connectivity index (χ1v) is 7.41. The predicted molar refractivity (Wildman–Crippen MR) is 82.2 cm³/mol. The largest absolute Gasteiger partial charge is 0.479 e. The number of aliphatic carboxylic acids is 1. The van der Waals surface area contributed by atoms with Gasteiger partial charge in [0.25, 0.3) is 0 Å². The number of hydrogen-bond donors (Lipinski definition) is 4. The highest BCUT2D eigenvalue weighted by atomic mass is 16.7. The van der Waals surface area contributed by atoms with Crippen LogP contribution in [0.15, 0.2) is 33.5 Å². The number of aliphatic hydroxyl groups is 3. The van der Waals surface area contributed by atoms with Crippen molar-refractivity contribution in [1.82, 2.24) is 0 Å². The Balaban J connectivity index is 1.89. The zero-order valence-electron chi connectivity index (χ0n) is 13.0. The van der Waals surface area contributed by atoms with Crippen molar-refractivity contribution in [2.45, 2.75) is 37.6 Å². The molecule has 0 bridgehead atoms. The highest BCUT2D eigenvalue weighted by Gasteiger charge is 2.48. The molecule has 9 heteroatoms. The van der Waals surface area contributed by atoms with Crippen LogP contribution in [0.3, 0.4) is 0 Å². The van der Waals surface area contributed by atoms with E-state index in [2.05, 4.69) is 0 Å². The molecule has 0 spiro atoms. The van der Waals surface area contributed by atoms with Crippen LogP contribution in [0, 0.1) is 6.92 Å². The maximum absolute atomic E-state index is 11.5. The van der Waals surface area contributed by atoms with Gasteiger partial charge in [-0.3, -0.25) is 0 Å². The minimum absolute atomic E-state index is 0.123. The number of aryl methyl sites for hydroxylation is 1. The van der Waals surface area contributed by atoms with Crippen LogP contribution in [0.25, 0.3) is 11.0 Å². The maximum atomic E-state index is 11.5. The van der Waals surface area contributed by atoms with Crippen molar-refractivity contribution in [3.8, 4) is 5.75 Å². The second-order valence-corrected chi connectivity index (χ2v) is 5.76. The molecule has 0 aliphatic carbocycles. The highest BCUT2D eigenvalue weighted by Crippen LogP contribution is 2.27. The van der Waals surface area contributed by atoms with Gasteiger partial charge in [0.2, 0.25) is 6.29 Å². The van der Waals surface area contributed by atoms with Crippen LogP contribution >= 0.6 is 0 Å². The number of ether oxygens (including phenoxy) is 2. The molecule has 0 radical (unpaired) electrons. The van der Waals surface area contributed by atoms with Crippen LogP contribution in [0.1, 0.15) is 5.56 Å². The molecule has 3 rings (SSSR count). The maximum Gasteiger partial charge on any atom is 0.336 e. The van der Waals surface area contributed by atoms with Gasteiger partial charge in [-0.2, -0.15) is 0 Å². The van der Waals surface area contributed by atoms with E-state index in [0.717, 1.165) is 0 Å². The topological polar surface area (TPSA) is 147 Å². The van der Waals surface area contributed by atoms with E-state index in [1.54, 1.807) is 13.0 Å². The number of carbonyl (C=O) groups is 1. The zero-order chi connectivity index (χ0) is 18.3. The van der Waals surface area contributed by atoms with E-state index in [0.29, 0.717) is 10.9 Å². The molecule has 25 heavy (non-hydrogen) atoms. The Kier molecular flexibility index (Phi) is 4.48. The Hall–Kier alpha value is -2.46. The Labute approximate surface area is 140 Å². The van der Waals surface area contributed by atoms with Crippen LogP contribution in [0.4, 0.5) is 0 Å². The molecule has 2 heterocycles. The van der Waals surface area contributed by atoms with E-state index in [1.165, 1.54) is 18.2 Å². The number of aliphatic hydroxyl groups excluding tert-OH is 3. The first-order chi connectivity index (χ1) is 11.8. The minimum Gasteiger partial charge on any atom is -0.479 e. The molecule has 0 unspecified atom stereocenters. The molecule has 4 N–H and O–H groups in total. The number of carboxylic acids is 1. The van der Waals surface area contributed by atoms with Gasteiger partial charge in [-0.1, -0.05) is 0 Å². The second-order valence-electron chi connectivity index (χ2n) is 5.76. The van der Waals surface area contributed by atoms with Gasteiger partial charge in [-0.25, -0.2) is 9.59 Å². The predicted octanol–water partition coefficient (Wildman–Crippen LogP) is -0.628. The summed E-state index contributed by atoms with van der Waals surface area (Å²) in [5, 5.41) is 39.1. The summed E-state index contributed by atoms with van der Waals surface area (Å²) in [6, 6.07) is 5.86. The summed E-state index contributed by atoms with van der Waals surface area (Å²) in [6.45, 7) is 1.74. The Morgan fingerprint density at radius 3 is 2.52 bits per heavy atom. The van der Waals surface area contributed by atoms with Gasteiger partial charge < -0.3 is 34.3 Å². The van der Waals surface area contributed by atoms with E-state index in [9.17, 15) is 24.9 Å². The van der Waals surface area contributed by atoms with E-state index >= 15 is 0 Å². The van der Waals surface area contributed by atoms with Gasteiger partial charge in [0, 0.05) is 17.5 Å². The van der Waals surface area contributed by atoms with Crippen LogP contribution in [0.5, 0.6) is 5.75 Å². The molecule has 5 atom stereocenters. The molecule has 1 fully saturated rings. The molecule has 1 aromatic heterocycles. The van der Waals surface area contributed by atoms with E-state index in [4.69, 9.17) is 19.0 Å². The van der Waals surface area contributed by atoms with Crippen LogP contribution in [0.2, 0.25) is 0 Å². The molecule has 9 nitrogen and oxygen atoms in total. The third-order valence-corrected chi connectivity index (χ3v) is 3.99. The van der Waals surface area contributed by atoms with Crippen LogP contribution < -0.4 is 10.4 Å². The summed E-state index contributed by atoms with van der Waals surface area (Å²) >= 11 is 0. The molecular weight excluding hydrogens is 336 g/mol. The lowest BCUT2D eigenvalue weighted by Crippen LogP contribution is -2.61. The lowest BCUT2D eigenvalue weighted by molar-refractivity contribution is -0.271. The summed E-state index contributed by atoms with van der Waals surface area (Å²) in [4.78, 5) is 22.5. The van der Waals surface area contributed by atoms with Crippen molar-refractivity contribution in [1.29, 1.82) is 0 Å². The van der Waals surface area contributed by atoms with Gasteiger partial charge in [0.05, 0.1) is 0 Å².